The highest BCUT2D eigenvalue weighted by atomic mass is 16.4. The zero-order valence-corrected chi connectivity index (χ0v) is 8.95. The summed E-state index contributed by atoms with van der Waals surface area (Å²) in [5.74, 6) is -0.396. The molecule has 4 heteroatoms. The molecule has 1 aromatic heterocycles. The maximum Gasteiger partial charge on any atom is 0.417 e. The van der Waals surface area contributed by atoms with Crippen LogP contribution in [0.15, 0.2) is 27.4 Å². The van der Waals surface area contributed by atoms with Crippen molar-refractivity contribution in [3.8, 4) is 0 Å². The molecule has 0 aliphatic heterocycles. The third-order valence-electron chi connectivity index (χ3n) is 3.45. The average molecular weight is 218 g/mol. The Morgan fingerprint density at radius 1 is 1.44 bits per heavy atom. The standard InChI is InChI=1S/C12H14N2O2/c13-7-12(3-4-12)6-8-1-2-10-9(5-8)14-11(15)16-10/h1-2,5H,3-4,6-7,13H2,(H,14,15). The molecule has 3 rings (SSSR count). The van der Waals surface area contributed by atoms with Crippen molar-refractivity contribution in [2.45, 2.75) is 19.3 Å². The lowest BCUT2D eigenvalue weighted by molar-refractivity contribution is 0.521. The number of aromatic amines is 1. The number of hydrogen-bond donors (Lipinski definition) is 2. The topological polar surface area (TPSA) is 72.0 Å². The van der Waals surface area contributed by atoms with Crippen LogP contribution in [0.25, 0.3) is 11.1 Å². The van der Waals surface area contributed by atoms with E-state index in [0.717, 1.165) is 18.5 Å². The molecule has 0 amide bonds. The molecule has 1 heterocycles. The second-order valence-electron chi connectivity index (χ2n) is 4.73. The van der Waals surface area contributed by atoms with Gasteiger partial charge in [-0.15, -0.1) is 0 Å². The minimum absolute atomic E-state index is 0.317. The van der Waals surface area contributed by atoms with Crippen molar-refractivity contribution in [1.82, 2.24) is 4.98 Å². The van der Waals surface area contributed by atoms with E-state index in [1.165, 1.54) is 18.4 Å². The lowest BCUT2D eigenvalue weighted by atomic mass is 9.96. The predicted octanol–water partition coefficient (Wildman–Crippen LogP) is 1.40. The van der Waals surface area contributed by atoms with Gasteiger partial charge in [0, 0.05) is 0 Å². The van der Waals surface area contributed by atoms with E-state index in [-0.39, 0.29) is 0 Å². The third kappa shape index (κ3) is 1.55. The molecule has 3 N–H and O–H groups in total. The number of fused-ring (bicyclic) bond motifs is 1. The Hall–Kier alpha value is -1.55. The molecule has 0 spiro atoms. The molecule has 0 atom stereocenters. The van der Waals surface area contributed by atoms with E-state index in [4.69, 9.17) is 10.2 Å². The van der Waals surface area contributed by atoms with Gasteiger partial charge in [-0.1, -0.05) is 6.07 Å². The van der Waals surface area contributed by atoms with Gasteiger partial charge in [-0.05, 0) is 48.9 Å². The summed E-state index contributed by atoms with van der Waals surface area (Å²) in [6.07, 6.45) is 3.42. The highest BCUT2D eigenvalue weighted by molar-refractivity contribution is 5.72. The van der Waals surface area contributed by atoms with Crippen LogP contribution >= 0.6 is 0 Å². The van der Waals surface area contributed by atoms with Gasteiger partial charge < -0.3 is 10.2 Å². The SMILES string of the molecule is NCC1(Cc2ccc3oc(=O)[nH]c3c2)CC1. The van der Waals surface area contributed by atoms with Crippen LogP contribution in [0, 0.1) is 5.41 Å². The van der Waals surface area contributed by atoms with Gasteiger partial charge in [0.25, 0.3) is 0 Å². The van der Waals surface area contributed by atoms with Gasteiger partial charge in [-0.2, -0.15) is 0 Å². The Morgan fingerprint density at radius 2 is 2.25 bits per heavy atom. The minimum Gasteiger partial charge on any atom is -0.408 e. The smallest absolute Gasteiger partial charge is 0.408 e. The lowest BCUT2D eigenvalue weighted by Gasteiger charge is -2.11. The van der Waals surface area contributed by atoms with Crippen molar-refractivity contribution in [3.63, 3.8) is 0 Å². The summed E-state index contributed by atoms with van der Waals surface area (Å²) in [7, 11) is 0. The first-order valence-corrected chi connectivity index (χ1v) is 5.53. The van der Waals surface area contributed by atoms with Gasteiger partial charge in [0.2, 0.25) is 0 Å². The van der Waals surface area contributed by atoms with Crippen LogP contribution in [-0.2, 0) is 6.42 Å². The molecular formula is C12H14N2O2. The van der Waals surface area contributed by atoms with E-state index in [9.17, 15) is 4.79 Å². The first-order valence-electron chi connectivity index (χ1n) is 5.53. The molecule has 1 aliphatic rings. The van der Waals surface area contributed by atoms with Crippen LogP contribution in [0.4, 0.5) is 0 Å². The number of oxazole rings is 1. The number of H-pyrrole nitrogens is 1. The first kappa shape index (κ1) is 9.66. The van der Waals surface area contributed by atoms with Gasteiger partial charge in [-0.3, -0.25) is 4.98 Å². The van der Waals surface area contributed by atoms with Crippen molar-refractivity contribution in [3.05, 3.63) is 34.3 Å². The maximum absolute atomic E-state index is 11.0. The molecule has 0 unspecified atom stereocenters. The van der Waals surface area contributed by atoms with E-state index in [0.29, 0.717) is 11.0 Å². The number of rotatable bonds is 3. The summed E-state index contributed by atoms with van der Waals surface area (Å²) >= 11 is 0. The monoisotopic (exact) mass is 218 g/mol. The highest BCUT2D eigenvalue weighted by Gasteiger charge is 2.40. The fourth-order valence-corrected chi connectivity index (χ4v) is 2.17. The summed E-state index contributed by atoms with van der Waals surface area (Å²) in [5, 5.41) is 0. The number of nitrogens with one attached hydrogen (secondary N) is 1. The van der Waals surface area contributed by atoms with E-state index in [2.05, 4.69) is 4.98 Å². The van der Waals surface area contributed by atoms with Crippen LogP contribution in [0.3, 0.4) is 0 Å². The van der Waals surface area contributed by atoms with Crippen LogP contribution in [-0.4, -0.2) is 11.5 Å². The van der Waals surface area contributed by atoms with Gasteiger partial charge >= 0.3 is 5.76 Å². The first-order chi connectivity index (χ1) is 7.71. The molecule has 0 bridgehead atoms. The molecule has 2 aromatic rings. The van der Waals surface area contributed by atoms with Crippen molar-refractivity contribution >= 4 is 11.1 Å². The number of nitrogens with two attached hydrogens (primary N) is 1. The lowest BCUT2D eigenvalue weighted by Crippen LogP contribution is -2.17. The normalized spacial score (nSPS) is 17.8. The average Bonchev–Trinajstić information content (AvgIpc) is 2.93. The van der Waals surface area contributed by atoms with Gasteiger partial charge in [0.1, 0.15) is 0 Å². The quantitative estimate of drug-likeness (QED) is 0.818. The molecule has 1 fully saturated rings. The molecule has 1 aliphatic carbocycles. The molecule has 1 saturated carbocycles. The summed E-state index contributed by atoms with van der Waals surface area (Å²) in [5.41, 5.74) is 8.68. The van der Waals surface area contributed by atoms with Crippen molar-refractivity contribution in [2.75, 3.05) is 6.54 Å². The van der Waals surface area contributed by atoms with Crippen molar-refractivity contribution in [2.24, 2.45) is 11.1 Å². The fraction of sp³-hybridized carbons (Fsp3) is 0.417. The van der Waals surface area contributed by atoms with Gasteiger partial charge in [0.15, 0.2) is 5.58 Å². The third-order valence-corrected chi connectivity index (χ3v) is 3.45. The minimum atomic E-state index is -0.396. The Bertz CT molecular complexity index is 578. The molecule has 16 heavy (non-hydrogen) atoms. The summed E-state index contributed by atoms with van der Waals surface area (Å²) in [4.78, 5) is 13.7. The Kier molecular flexibility index (Phi) is 1.94. The van der Waals surface area contributed by atoms with Crippen molar-refractivity contribution in [1.29, 1.82) is 0 Å². The highest BCUT2D eigenvalue weighted by Crippen LogP contribution is 2.47. The van der Waals surface area contributed by atoms with Gasteiger partial charge in [0.05, 0.1) is 5.52 Å². The second kappa shape index (κ2) is 3.22. The predicted molar refractivity (Wildman–Crippen MR) is 61.3 cm³/mol. The van der Waals surface area contributed by atoms with Crippen molar-refractivity contribution < 1.29 is 4.42 Å². The zero-order valence-electron chi connectivity index (χ0n) is 8.95. The molecular weight excluding hydrogens is 204 g/mol. The molecule has 0 radical (unpaired) electrons. The Balaban J connectivity index is 1.95. The molecule has 4 nitrogen and oxygen atoms in total. The van der Waals surface area contributed by atoms with E-state index in [1.807, 2.05) is 18.2 Å². The summed E-state index contributed by atoms with van der Waals surface area (Å²) in [6, 6.07) is 5.83. The Labute approximate surface area is 92.4 Å². The largest absolute Gasteiger partial charge is 0.417 e. The molecule has 0 saturated heterocycles. The van der Waals surface area contributed by atoms with Crippen LogP contribution in [0.2, 0.25) is 0 Å². The summed E-state index contributed by atoms with van der Waals surface area (Å²) < 4.78 is 4.96. The van der Waals surface area contributed by atoms with Crippen LogP contribution < -0.4 is 11.5 Å². The summed E-state index contributed by atoms with van der Waals surface area (Å²) in [6.45, 7) is 0.743. The number of aromatic nitrogens is 1. The van der Waals surface area contributed by atoms with Crippen LogP contribution in [0.5, 0.6) is 0 Å². The van der Waals surface area contributed by atoms with E-state index in [1.54, 1.807) is 0 Å². The molecule has 84 valence electrons. The number of benzene rings is 1. The Morgan fingerprint density at radius 3 is 2.94 bits per heavy atom. The maximum atomic E-state index is 11.0. The fourth-order valence-electron chi connectivity index (χ4n) is 2.17. The van der Waals surface area contributed by atoms with E-state index >= 15 is 0 Å². The van der Waals surface area contributed by atoms with E-state index < -0.39 is 5.76 Å². The van der Waals surface area contributed by atoms with Crippen LogP contribution in [0.1, 0.15) is 18.4 Å². The zero-order chi connectivity index (χ0) is 11.2. The second-order valence-corrected chi connectivity index (χ2v) is 4.73. The number of hydrogen-bond acceptors (Lipinski definition) is 3. The molecule has 1 aromatic carbocycles. The van der Waals surface area contributed by atoms with Gasteiger partial charge in [-0.25, -0.2) is 4.79 Å².